The van der Waals surface area contributed by atoms with E-state index in [2.05, 4.69) is 20.7 Å². The number of halogens is 1. The Kier molecular flexibility index (Phi) is 5.08. The number of rotatable bonds is 6. The van der Waals surface area contributed by atoms with Gasteiger partial charge in [0.2, 0.25) is 5.95 Å². The molecule has 0 aliphatic carbocycles. The van der Waals surface area contributed by atoms with Crippen molar-refractivity contribution < 1.29 is 13.9 Å². The van der Waals surface area contributed by atoms with Crippen molar-refractivity contribution in [2.75, 3.05) is 23.9 Å². The van der Waals surface area contributed by atoms with Crippen LogP contribution >= 0.6 is 0 Å². The molecule has 94 valence electrons. The Morgan fingerprint density at radius 2 is 2.41 bits per heavy atom. The van der Waals surface area contributed by atoms with Gasteiger partial charge in [0.1, 0.15) is 0 Å². The average Bonchev–Trinajstić information content (AvgIpc) is 2.32. The number of hydrogen-bond acceptors (Lipinski definition) is 7. The van der Waals surface area contributed by atoms with Gasteiger partial charge in [0.15, 0.2) is 11.6 Å². The van der Waals surface area contributed by atoms with E-state index in [0.717, 1.165) is 6.20 Å². The average molecular weight is 243 g/mol. The molecule has 1 aromatic heterocycles. The molecule has 0 atom stereocenters. The normalized spacial score (nSPS) is 9.82. The van der Waals surface area contributed by atoms with E-state index < -0.39 is 5.82 Å². The predicted molar refractivity (Wildman–Crippen MR) is 59.5 cm³/mol. The second-order valence-corrected chi connectivity index (χ2v) is 3.02. The second-order valence-electron chi connectivity index (χ2n) is 3.02. The maximum Gasteiger partial charge on any atom is 0.307 e. The number of ether oxygens (including phenoxy) is 1. The lowest BCUT2D eigenvalue weighted by atomic mass is 10.4. The third-order valence-corrected chi connectivity index (χ3v) is 1.80. The maximum atomic E-state index is 13.2. The fourth-order valence-corrected chi connectivity index (χ4v) is 1.08. The molecule has 0 fully saturated rings. The van der Waals surface area contributed by atoms with Crippen LogP contribution in [0, 0.1) is 5.82 Å². The van der Waals surface area contributed by atoms with E-state index >= 15 is 0 Å². The first-order chi connectivity index (χ1) is 8.17. The number of aromatic nitrogens is 2. The van der Waals surface area contributed by atoms with Gasteiger partial charge in [-0.2, -0.15) is 4.98 Å². The van der Waals surface area contributed by atoms with Gasteiger partial charge in [-0.05, 0) is 6.92 Å². The van der Waals surface area contributed by atoms with Crippen LogP contribution in [-0.2, 0) is 9.53 Å². The van der Waals surface area contributed by atoms with Gasteiger partial charge in [0.25, 0.3) is 0 Å². The Hall–Kier alpha value is -1.96. The Bertz CT molecular complexity index is 388. The van der Waals surface area contributed by atoms with Gasteiger partial charge in [-0.25, -0.2) is 15.2 Å². The van der Waals surface area contributed by atoms with Gasteiger partial charge in [0, 0.05) is 6.54 Å². The van der Waals surface area contributed by atoms with E-state index in [1.807, 2.05) is 0 Å². The van der Waals surface area contributed by atoms with Crippen LogP contribution in [0.25, 0.3) is 0 Å². The molecule has 1 heterocycles. The number of nitrogens with two attached hydrogens (primary N) is 1. The highest BCUT2D eigenvalue weighted by atomic mass is 19.1. The summed E-state index contributed by atoms with van der Waals surface area (Å²) in [6, 6.07) is 0. The first kappa shape index (κ1) is 13.1. The molecule has 0 bridgehead atoms. The van der Waals surface area contributed by atoms with Gasteiger partial charge >= 0.3 is 5.97 Å². The molecule has 8 heteroatoms. The van der Waals surface area contributed by atoms with Crippen LogP contribution < -0.4 is 16.6 Å². The maximum absolute atomic E-state index is 13.2. The molecule has 0 amide bonds. The number of carbonyl (C=O) groups excluding carboxylic acids is 1. The third kappa shape index (κ3) is 4.19. The third-order valence-electron chi connectivity index (χ3n) is 1.80. The van der Waals surface area contributed by atoms with E-state index in [9.17, 15) is 9.18 Å². The summed E-state index contributed by atoms with van der Waals surface area (Å²) in [6.07, 6.45) is 1.11. The number of hydrogen-bond donors (Lipinski definition) is 3. The number of anilines is 2. The number of nitrogens with one attached hydrogen (secondary N) is 2. The molecule has 0 spiro atoms. The van der Waals surface area contributed by atoms with Crippen LogP contribution in [0.15, 0.2) is 6.20 Å². The van der Waals surface area contributed by atoms with Crippen LogP contribution in [-0.4, -0.2) is 29.1 Å². The van der Waals surface area contributed by atoms with E-state index in [0.29, 0.717) is 6.61 Å². The van der Waals surface area contributed by atoms with Crippen molar-refractivity contribution in [3.05, 3.63) is 12.0 Å². The largest absolute Gasteiger partial charge is 0.466 e. The molecule has 7 nitrogen and oxygen atoms in total. The topological polar surface area (TPSA) is 102 Å². The van der Waals surface area contributed by atoms with Gasteiger partial charge < -0.3 is 10.1 Å². The minimum absolute atomic E-state index is 0.0164. The lowest BCUT2D eigenvalue weighted by molar-refractivity contribution is -0.142. The van der Waals surface area contributed by atoms with Crippen molar-refractivity contribution in [1.29, 1.82) is 0 Å². The van der Waals surface area contributed by atoms with Crippen molar-refractivity contribution in [1.82, 2.24) is 9.97 Å². The van der Waals surface area contributed by atoms with Crippen molar-refractivity contribution in [2.45, 2.75) is 13.3 Å². The first-order valence-electron chi connectivity index (χ1n) is 5.06. The molecule has 0 aromatic carbocycles. The van der Waals surface area contributed by atoms with E-state index in [4.69, 9.17) is 10.6 Å². The van der Waals surface area contributed by atoms with Crippen molar-refractivity contribution >= 4 is 17.7 Å². The van der Waals surface area contributed by atoms with Crippen LogP contribution in [0.1, 0.15) is 13.3 Å². The van der Waals surface area contributed by atoms with Crippen molar-refractivity contribution in [3.63, 3.8) is 0 Å². The highest BCUT2D eigenvalue weighted by Gasteiger charge is 2.07. The lowest BCUT2D eigenvalue weighted by Crippen LogP contribution is -2.15. The molecule has 17 heavy (non-hydrogen) atoms. The van der Waals surface area contributed by atoms with Crippen LogP contribution in [0.4, 0.5) is 16.2 Å². The number of nitrogens with zero attached hydrogens (tertiary/aromatic N) is 2. The van der Waals surface area contributed by atoms with Crippen molar-refractivity contribution in [2.24, 2.45) is 5.84 Å². The monoisotopic (exact) mass is 243 g/mol. The van der Waals surface area contributed by atoms with Crippen molar-refractivity contribution in [3.8, 4) is 0 Å². The first-order valence-corrected chi connectivity index (χ1v) is 5.06. The minimum atomic E-state index is -0.618. The molecule has 0 aliphatic heterocycles. The fourth-order valence-electron chi connectivity index (χ4n) is 1.08. The van der Waals surface area contributed by atoms with Crippen LogP contribution in [0.3, 0.4) is 0 Å². The van der Waals surface area contributed by atoms with E-state index in [-0.39, 0.29) is 30.7 Å². The van der Waals surface area contributed by atoms with Gasteiger partial charge in [-0.1, -0.05) is 0 Å². The van der Waals surface area contributed by atoms with Crippen LogP contribution in [0.2, 0.25) is 0 Å². The van der Waals surface area contributed by atoms with E-state index in [1.54, 1.807) is 6.92 Å². The predicted octanol–water partition coefficient (Wildman–Crippen LogP) is 0.266. The minimum Gasteiger partial charge on any atom is -0.466 e. The Morgan fingerprint density at radius 1 is 1.65 bits per heavy atom. The molecule has 0 unspecified atom stereocenters. The van der Waals surface area contributed by atoms with Gasteiger partial charge in [0.05, 0.1) is 19.2 Å². The van der Waals surface area contributed by atoms with E-state index in [1.165, 1.54) is 0 Å². The molecular weight excluding hydrogens is 229 g/mol. The smallest absolute Gasteiger partial charge is 0.307 e. The second kappa shape index (κ2) is 6.59. The summed E-state index contributed by atoms with van der Waals surface area (Å²) in [4.78, 5) is 18.3. The molecular formula is C9H14FN5O2. The summed E-state index contributed by atoms with van der Waals surface area (Å²) >= 11 is 0. The molecule has 0 saturated carbocycles. The zero-order valence-electron chi connectivity index (χ0n) is 9.36. The van der Waals surface area contributed by atoms with Gasteiger partial charge in [-0.15, -0.1) is 0 Å². The summed E-state index contributed by atoms with van der Waals surface area (Å²) in [5.41, 5.74) is 2.19. The number of esters is 1. The van der Waals surface area contributed by atoms with Gasteiger partial charge in [-0.3, -0.25) is 10.2 Å². The summed E-state index contributed by atoms with van der Waals surface area (Å²) < 4.78 is 17.9. The number of carbonyl (C=O) groups is 1. The molecule has 0 radical (unpaired) electrons. The lowest BCUT2D eigenvalue weighted by Gasteiger charge is -2.07. The van der Waals surface area contributed by atoms with Crippen LogP contribution in [0.5, 0.6) is 0 Å². The highest BCUT2D eigenvalue weighted by Crippen LogP contribution is 2.10. The SMILES string of the molecule is CCOC(=O)CCNc1nc(NN)ncc1F. The zero-order valence-corrected chi connectivity index (χ0v) is 9.36. The summed E-state index contributed by atoms with van der Waals surface area (Å²) in [5.74, 6) is 4.18. The fraction of sp³-hybridized carbons (Fsp3) is 0.444. The Balaban J connectivity index is 2.48. The molecule has 0 saturated heterocycles. The number of hydrazine groups is 1. The summed E-state index contributed by atoms with van der Waals surface area (Å²) in [5, 5.41) is 2.65. The molecule has 1 aromatic rings. The summed E-state index contributed by atoms with van der Waals surface area (Å²) in [6.45, 7) is 2.26. The molecule has 0 aliphatic rings. The Labute approximate surface area is 97.5 Å². The number of nitrogen functional groups attached to an aromatic ring is 1. The summed E-state index contributed by atoms with van der Waals surface area (Å²) in [7, 11) is 0. The zero-order chi connectivity index (χ0) is 12.7. The standard InChI is InChI=1S/C9H14FN5O2/c1-2-17-7(16)3-4-12-8-6(10)5-13-9(14-8)15-11/h5H,2-4,11H2,1H3,(H2,12,13,14,15). The molecule has 1 rings (SSSR count). The molecule has 4 N–H and O–H groups in total. The highest BCUT2D eigenvalue weighted by molar-refractivity contribution is 5.69. The Morgan fingerprint density at radius 3 is 3.06 bits per heavy atom. The quantitative estimate of drug-likeness (QED) is 0.374.